The van der Waals surface area contributed by atoms with Crippen LogP contribution in [-0.2, 0) is 5.41 Å². The molecule has 0 aromatic heterocycles. The largest absolute Gasteiger partial charge is 0.0837 e. The van der Waals surface area contributed by atoms with E-state index in [0.717, 1.165) is 10.6 Å². The van der Waals surface area contributed by atoms with Crippen LogP contribution in [0.5, 0.6) is 0 Å². The maximum Gasteiger partial charge on any atom is 0.0484 e. The van der Waals surface area contributed by atoms with Crippen LogP contribution in [0.15, 0.2) is 60.7 Å². The first kappa shape index (κ1) is 14.2. The Kier molecular flexibility index (Phi) is 3.51. The number of hydrogen-bond acceptors (Lipinski definition) is 0. The van der Waals surface area contributed by atoms with Crippen LogP contribution in [0.1, 0.15) is 26.3 Å². The summed E-state index contributed by atoms with van der Waals surface area (Å²) in [7, 11) is 0. The van der Waals surface area contributed by atoms with E-state index >= 15 is 0 Å². The van der Waals surface area contributed by atoms with Gasteiger partial charge in [0.05, 0.1) is 0 Å². The van der Waals surface area contributed by atoms with Crippen molar-refractivity contribution >= 4 is 22.4 Å². The molecule has 0 heterocycles. The highest BCUT2D eigenvalue weighted by atomic mass is 35.5. The highest BCUT2D eigenvalue weighted by Gasteiger charge is 2.18. The van der Waals surface area contributed by atoms with Crippen molar-refractivity contribution in [2.24, 2.45) is 0 Å². The van der Waals surface area contributed by atoms with Crippen LogP contribution in [-0.4, -0.2) is 0 Å². The van der Waals surface area contributed by atoms with E-state index in [9.17, 15) is 0 Å². The third-order valence-corrected chi connectivity index (χ3v) is 4.18. The Labute approximate surface area is 131 Å². The fourth-order valence-electron chi connectivity index (χ4n) is 2.78. The quantitative estimate of drug-likeness (QED) is 0.483. The summed E-state index contributed by atoms with van der Waals surface area (Å²) >= 11 is 6.38. The van der Waals surface area contributed by atoms with Crippen LogP contribution in [0, 0.1) is 0 Å². The van der Waals surface area contributed by atoms with Gasteiger partial charge in [-0.2, -0.15) is 0 Å². The maximum absolute atomic E-state index is 6.38. The Balaban J connectivity index is 2.34. The molecule has 0 unspecified atom stereocenters. The molecule has 0 amide bonds. The first-order chi connectivity index (χ1) is 9.97. The fraction of sp³-hybridized carbons (Fsp3) is 0.200. The molecule has 0 saturated heterocycles. The molecule has 0 aliphatic heterocycles. The molecule has 0 radical (unpaired) electrons. The summed E-state index contributed by atoms with van der Waals surface area (Å²) < 4.78 is 0. The van der Waals surface area contributed by atoms with E-state index < -0.39 is 0 Å². The van der Waals surface area contributed by atoms with Crippen LogP contribution >= 0.6 is 11.6 Å². The van der Waals surface area contributed by atoms with Crippen LogP contribution < -0.4 is 0 Å². The van der Waals surface area contributed by atoms with Gasteiger partial charge >= 0.3 is 0 Å². The van der Waals surface area contributed by atoms with Gasteiger partial charge in [-0.05, 0) is 45.5 Å². The van der Waals surface area contributed by atoms with Crippen molar-refractivity contribution in [2.45, 2.75) is 26.2 Å². The third kappa shape index (κ3) is 2.69. The molecule has 0 bridgehead atoms. The molecule has 1 heteroatoms. The number of halogens is 1. The Morgan fingerprint density at radius 1 is 0.810 bits per heavy atom. The normalized spacial score (nSPS) is 11.8. The Bertz CT molecular complexity index is 794. The van der Waals surface area contributed by atoms with E-state index in [1.54, 1.807) is 0 Å². The van der Waals surface area contributed by atoms with E-state index in [0.29, 0.717) is 0 Å². The topological polar surface area (TPSA) is 0 Å². The molecule has 0 aliphatic rings. The lowest BCUT2D eigenvalue weighted by Gasteiger charge is -2.23. The van der Waals surface area contributed by atoms with Crippen molar-refractivity contribution in [3.05, 3.63) is 71.2 Å². The Hall–Kier alpha value is -1.79. The van der Waals surface area contributed by atoms with E-state index in [1.165, 1.54) is 21.9 Å². The van der Waals surface area contributed by atoms with E-state index in [4.69, 9.17) is 11.6 Å². The number of benzene rings is 3. The van der Waals surface area contributed by atoms with Gasteiger partial charge in [-0.1, -0.05) is 74.8 Å². The summed E-state index contributed by atoms with van der Waals surface area (Å²) in [5.74, 6) is 0. The molecule has 3 aromatic rings. The summed E-state index contributed by atoms with van der Waals surface area (Å²) in [5.41, 5.74) is 3.73. The molecular formula is C20H19Cl. The summed E-state index contributed by atoms with van der Waals surface area (Å²) in [6, 6.07) is 21.1. The monoisotopic (exact) mass is 294 g/mol. The van der Waals surface area contributed by atoms with Crippen LogP contribution in [0.3, 0.4) is 0 Å². The van der Waals surface area contributed by atoms with Crippen molar-refractivity contribution in [2.75, 3.05) is 0 Å². The predicted molar refractivity (Wildman–Crippen MR) is 93.1 cm³/mol. The SMILES string of the molecule is CC(C)(C)c1cc(-c2ccccc2Cl)cc2ccccc12. The van der Waals surface area contributed by atoms with Gasteiger partial charge in [-0.3, -0.25) is 0 Å². The molecule has 0 nitrogen and oxygen atoms in total. The van der Waals surface area contributed by atoms with Gasteiger partial charge in [-0.15, -0.1) is 0 Å². The lowest BCUT2D eigenvalue weighted by molar-refractivity contribution is 0.596. The standard InChI is InChI=1S/C20H19Cl/c1-20(2,3)18-13-15(17-10-6-7-11-19(17)21)12-14-8-4-5-9-16(14)18/h4-13H,1-3H3. The minimum atomic E-state index is 0.0941. The van der Waals surface area contributed by atoms with Gasteiger partial charge in [0.15, 0.2) is 0 Å². The predicted octanol–water partition coefficient (Wildman–Crippen LogP) is 6.46. The molecule has 21 heavy (non-hydrogen) atoms. The highest BCUT2D eigenvalue weighted by molar-refractivity contribution is 6.33. The summed E-state index contributed by atoms with van der Waals surface area (Å²) in [6.45, 7) is 6.77. The second-order valence-corrected chi connectivity index (χ2v) is 6.88. The van der Waals surface area contributed by atoms with Crippen molar-refractivity contribution in [3.63, 3.8) is 0 Å². The molecule has 0 spiro atoms. The molecular weight excluding hydrogens is 276 g/mol. The molecule has 0 N–H and O–H groups in total. The molecule has 0 fully saturated rings. The van der Waals surface area contributed by atoms with Crippen LogP contribution in [0.25, 0.3) is 21.9 Å². The molecule has 0 saturated carbocycles. The minimum Gasteiger partial charge on any atom is -0.0837 e. The minimum absolute atomic E-state index is 0.0941. The summed E-state index contributed by atoms with van der Waals surface area (Å²) in [4.78, 5) is 0. The summed E-state index contributed by atoms with van der Waals surface area (Å²) in [6.07, 6.45) is 0. The lowest BCUT2D eigenvalue weighted by atomic mass is 9.82. The fourth-order valence-corrected chi connectivity index (χ4v) is 3.03. The Morgan fingerprint density at radius 2 is 1.48 bits per heavy atom. The smallest absolute Gasteiger partial charge is 0.0484 e. The van der Waals surface area contributed by atoms with Crippen molar-refractivity contribution in [1.29, 1.82) is 0 Å². The number of rotatable bonds is 1. The lowest BCUT2D eigenvalue weighted by Crippen LogP contribution is -2.11. The van der Waals surface area contributed by atoms with Gasteiger partial charge in [0.2, 0.25) is 0 Å². The molecule has 0 atom stereocenters. The molecule has 3 aromatic carbocycles. The second-order valence-electron chi connectivity index (χ2n) is 6.47. The summed E-state index contributed by atoms with van der Waals surface area (Å²) in [5, 5.41) is 3.38. The first-order valence-corrected chi connectivity index (χ1v) is 7.63. The zero-order chi connectivity index (χ0) is 15.0. The van der Waals surface area contributed by atoms with Crippen molar-refractivity contribution < 1.29 is 0 Å². The maximum atomic E-state index is 6.38. The molecule has 0 aliphatic carbocycles. The van der Waals surface area contributed by atoms with E-state index in [1.807, 2.05) is 18.2 Å². The molecule has 106 valence electrons. The average Bonchev–Trinajstić information content (AvgIpc) is 2.45. The number of fused-ring (bicyclic) bond motifs is 1. The zero-order valence-corrected chi connectivity index (χ0v) is 13.4. The molecule has 3 rings (SSSR count). The van der Waals surface area contributed by atoms with Crippen molar-refractivity contribution in [1.82, 2.24) is 0 Å². The Morgan fingerprint density at radius 3 is 2.19 bits per heavy atom. The van der Waals surface area contributed by atoms with Gasteiger partial charge in [0.25, 0.3) is 0 Å². The zero-order valence-electron chi connectivity index (χ0n) is 12.7. The average molecular weight is 295 g/mol. The third-order valence-electron chi connectivity index (χ3n) is 3.85. The van der Waals surface area contributed by atoms with Crippen molar-refractivity contribution in [3.8, 4) is 11.1 Å². The van der Waals surface area contributed by atoms with E-state index in [2.05, 4.69) is 63.2 Å². The van der Waals surface area contributed by atoms with Crippen LogP contribution in [0.4, 0.5) is 0 Å². The van der Waals surface area contributed by atoms with Gasteiger partial charge in [0.1, 0.15) is 0 Å². The van der Waals surface area contributed by atoms with Crippen LogP contribution in [0.2, 0.25) is 5.02 Å². The van der Waals surface area contributed by atoms with Gasteiger partial charge in [-0.25, -0.2) is 0 Å². The second kappa shape index (κ2) is 5.20. The van der Waals surface area contributed by atoms with Gasteiger partial charge in [0, 0.05) is 10.6 Å². The van der Waals surface area contributed by atoms with E-state index in [-0.39, 0.29) is 5.41 Å². The first-order valence-electron chi connectivity index (χ1n) is 7.25. The number of hydrogen-bond donors (Lipinski definition) is 0. The highest BCUT2D eigenvalue weighted by Crippen LogP contribution is 2.36. The van der Waals surface area contributed by atoms with Gasteiger partial charge < -0.3 is 0 Å².